The van der Waals surface area contributed by atoms with Crippen LogP contribution in [0.4, 0.5) is 0 Å². The molecule has 0 aliphatic carbocycles. The molecule has 0 bridgehead atoms. The number of ether oxygens (including phenoxy) is 2. The van der Waals surface area contributed by atoms with E-state index in [0.717, 1.165) is 68.5 Å². The molecule has 5 heteroatoms. The average molecular weight is 564 g/mol. The molecule has 4 nitrogen and oxygen atoms in total. The fourth-order valence-corrected chi connectivity index (χ4v) is 6.24. The van der Waals surface area contributed by atoms with E-state index >= 15 is 0 Å². The summed E-state index contributed by atoms with van der Waals surface area (Å²) >= 11 is 1.71. The Hall–Kier alpha value is -3.80. The minimum atomic E-state index is -0.00369. The number of ketones is 1. The van der Waals surface area contributed by atoms with E-state index in [1.54, 1.807) is 18.9 Å². The molecule has 4 aromatic rings. The molecule has 0 spiro atoms. The minimum absolute atomic E-state index is 0.00369. The van der Waals surface area contributed by atoms with Crippen LogP contribution < -0.4 is 14.8 Å². The molecule has 4 aromatic carbocycles. The molecular weight excluding hydrogens is 526 g/mol. The van der Waals surface area contributed by atoms with Gasteiger partial charge in [0.25, 0.3) is 0 Å². The van der Waals surface area contributed by atoms with Crippen molar-refractivity contribution in [2.75, 3.05) is 13.7 Å². The summed E-state index contributed by atoms with van der Waals surface area (Å²) in [5.74, 6) is 2.30. The second kappa shape index (κ2) is 14.2. The molecule has 0 saturated carbocycles. The van der Waals surface area contributed by atoms with Gasteiger partial charge in [-0.15, -0.1) is 11.8 Å². The number of allylic oxidation sites excluding steroid dienone is 1. The highest BCUT2D eigenvalue weighted by atomic mass is 32.2. The van der Waals surface area contributed by atoms with Gasteiger partial charge in [-0.1, -0.05) is 98.6 Å². The number of hydrogen-bond acceptors (Lipinski definition) is 5. The van der Waals surface area contributed by atoms with Crippen molar-refractivity contribution in [3.63, 3.8) is 0 Å². The van der Waals surface area contributed by atoms with E-state index in [2.05, 4.69) is 42.6 Å². The number of methoxy groups -OCH3 is 1. The number of nitrogens with one attached hydrogen (secondary N) is 1. The van der Waals surface area contributed by atoms with Crippen LogP contribution in [0.15, 0.2) is 97.1 Å². The molecular formula is C36H37NO3S. The molecule has 1 aliphatic rings. The number of carbonyl (C=O) groups is 1. The first-order valence-corrected chi connectivity index (χ1v) is 15.3. The number of unbranched alkanes of at least 4 members (excludes halogenated alkanes) is 2. The van der Waals surface area contributed by atoms with E-state index in [1.807, 2.05) is 66.7 Å². The maximum absolute atomic E-state index is 14.3. The van der Waals surface area contributed by atoms with Crippen molar-refractivity contribution >= 4 is 28.0 Å². The number of rotatable bonds is 13. The molecule has 0 atom stereocenters. The van der Waals surface area contributed by atoms with Crippen LogP contribution in [0, 0.1) is 0 Å². The van der Waals surface area contributed by atoms with Gasteiger partial charge in [0.1, 0.15) is 18.1 Å². The highest BCUT2D eigenvalue weighted by Gasteiger charge is 2.27. The highest BCUT2D eigenvalue weighted by Crippen LogP contribution is 2.45. The van der Waals surface area contributed by atoms with E-state index in [-0.39, 0.29) is 5.78 Å². The van der Waals surface area contributed by atoms with Gasteiger partial charge in [0, 0.05) is 33.9 Å². The van der Waals surface area contributed by atoms with E-state index < -0.39 is 0 Å². The molecule has 0 fully saturated rings. The van der Waals surface area contributed by atoms with Crippen LogP contribution in [0.1, 0.15) is 64.4 Å². The van der Waals surface area contributed by atoms with Gasteiger partial charge in [0.05, 0.1) is 7.11 Å². The molecule has 1 aliphatic heterocycles. The van der Waals surface area contributed by atoms with Gasteiger partial charge in [0.2, 0.25) is 0 Å². The Kier molecular flexibility index (Phi) is 9.95. The fourth-order valence-electron chi connectivity index (χ4n) is 5.05. The Morgan fingerprint density at radius 2 is 1.68 bits per heavy atom. The first-order chi connectivity index (χ1) is 20.2. The second-order valence-electron chi connectivity index (χ2n) is 10.2. The lowest BCUT2D eigenvalue weighted by Gasteiger charge is -2.24. The number of Topliss-reactive ketones (excluding diaryl/α,β-unsaturated/α-hetero) is 1. The Balaban J connectivity index is 1.45. The molecule has 0 amide bonds. The zero-order valence-corrected chi connectivity index (χ0v) is 24.6. The Morgan fingerprint density at radius 1 is 0.902 bits per heavy atom. The van der Waals surface area contributed by atoms with Crippen molar-refractivity contribution < 1.29 is 14.3 Å². The van der Waals surface area contributed by atoms with E-state index in [9.17, 15) is 4.79 Å². The molecule has 0 radical (unpaired) electrons. The van der Waals surface area contributed by atoms with Crippen molar-refractivity contribution in [3.8, 4) is 11.5 Å². The first-order valence-electron chi connectivity index (χ1n) is 14.3. The SMILES string of the molecule is CCCCCNCc1ccc(C(=O)C2=C(c3ccccc3)SCc3cc(OCc4ccccc4)ccc32)cc1OC. The summed E-state index contributed by atoms with van der Waals surface area (Å²) in [6.07, 6.45) is 3.57. The van der Waals surface area contributed by atoms with Crippen LogP contribution >= 0.6 is 11.8 Å². The largest absolute Gasteiger partial charge is 0.496 e. The number of carbonyl (C=O) groups excluding carboxylic acids is 1. The van der Waals surface area contributed by atoms with Gasteiger partial charge >= 0.3 is 0 Å². The van der Waals surface area contributed by atoms with Crippen molar-refractivity contribution in [3.05, 3.63) is 130 Å². The second-order valence-corrected chi connectivity index (χ2v) is 11.2. The van der Waals surface area contributed by atoms with Crippen LogP contribution in [0.3, 0.4) is 0 Å². The molecule has 5 rings (SSSR count). The quantitative estimate of drug-likeness (QED) is 0.130. The maximum atomic E-state index is 14.3. The third-order valence-corrected chi connectivity index (χ3v) is 8.46. The first kappa shape index (κ1) is 28.7. The van der Waals surface area contributed by atoms with Gasteiger partial charge in [-0.05, 0) is 53.4 Å². The maximum Gasteiger partial charge on any atom is 0.194 e. The van der Waals surface area contributed by atoms with Gasteiger partial charge in [0.15, 0.2) is 5.78 Å². The molecule has 210 valence electrons. The summed E-state index contributed by atoms with van der Waals surface area (Å²) in [6.45, 7) is 4.39. The number of benzene rings is 4. The van der Waals surface area contributed by atoms with Gasteiger partial charge in [-0.2, -0.15) is 0 Å². The zero-order valence-electron chi connectivity index (χ0n) is 23.8. The topological polar surface area (TPSA) is 47.6 Å². The van der Waals surface area contributed by atoms with Crippen LogP contribution in [0.5, 0.6) is 11.5 Å². The predicted octanol–water partition coefficient (Wildman–Crippen LogP) is 8.55. The van der Waals surface area contributed by atoms with Gasteiger partial charge < -0.3 is 14.8 Å². The Bertz CT molecular complexity index is 1500. The van der Waals surface area contributed by atoms with Crippen molar-refractivity contribution in [1.29, 1.82) is 0 Å². The van der Waals surface area contributed by atoms with Crippen LogP contribution in [0.2, 0.25) is 0 Å². The summed E-state index contributed by atoms with van der Waals surface area (Å²) in [5.41, 5.74) is 6.63. The average Bonchev–Trinajstić information content (AvgIpc) is 3.03. The van der Waals surface area contributed by atoms with Gasteiger partial charge in [-0.25, -0.2) is 0 Å². The van der Waals surface area contributed by atoms with E-state index in [4.69, 9.17) is 9.47 Å². The molecule has 41 heavy (non-hydrogen) atoms. The summed E-state index contributed by atoms with van der Waals surface area (Å²) in [5, 5.41) is 3.50. The smallest absolute Gasteiger partial charge is 0.194 e. The molecule has 0 aromatic heterocycles. The summed E-state index contributed by atoms with van der Waals surface area (Å²) in [4.78, 5) is 15.3. The summed E-state index contributed by atoms with van der Waals surface area (Å²) in [7, 11) is 1.67. The highest BCUT2D eigenvalue weighted by molar-refractivity contribution is 8.08. The standard InChI is InChI=1S/C36H37NO3S/c1-3-4-11-20-37-23-29-17-16-28(22-33(29)39-2)35(38)34-32-19-18-31(40-24-26-12-7-5-8-13-26)21-30(32)25-41-36(34)27-14-9-6-10-15-27/h5-10,12-19,21-22,37H,3-4,11,20,23-25H2,1-2H3. The van der Waals surface area contributed by atoms with Crippen molar-refractivity contribution in [2.45, 2.75) is 45.1 Å². The molecule has 0 saturated heterocycles. The molecule has 0 unspecified atom stereocenters. The molecule has 1 heterocycles. The van der Waals surface area contributed by atoms with Crippen LogP contribution in [-0.4, -0.2) is 19.4 Å². The van der Waals surface area contributed by atoms with Crippen molar-refractivity contribution in [1.82, 2.24) is 5.32 Å². The molecule has 1 N–H and O–H groups in total. The third kappa shape index (κ3) is 7.10. The van der Waals surface area contributed by atoms with Crippen LogP contribution in [0.25, 0.3) is 10.5 Å². The predicted molar refractivity (Wildman–Crippen MR) is 170 cm³/mol. The fraction of sp³-hybridized carbons (Fsp3) is 0.250. The third-order valence-electron chi connectivity index (χ3n) is 7.28. The lowest BCUT2D eigenvalue weighted by atomic mass is 9.90. The number of fused-ring (bicyclic) bond motifs is 1. The summed E-state index contributed by atoms with van der Waals surface area (Å²) < 4.78 is 11.8. The number of thioether (sulfide) groups is 1. The lowest BCUT2D eigenvalue weighted by Crippen LogP contribution is -2.16. The summed E-state index contributed by atoms with van der Waals surface area (Å²) in [6, 6.07) is 32.3. The monoisotopic (exact) mass is 563 g/mol. The lowest BCUT2D eigenvalue weighted by molar-refractivity contribution is 0.105. The normalized spacial score (nSPS) is 12.6. The van der Waals surface area contributed by atoms with E-state index in [1.165, 1.54) is 12.8 Å². The number of hydrogen-bond donors (Lipinski definition) is 1. The van der Waals surface area contributed by atoms with Gasteiger partial charge in [-0.3, -0.25) is 4.79 Å². The van der Waals surface area contributed by atoms with Crippen LogP contribution in [-0.2, 0) is 18.9 Å². The Morgan fingerprint density at radius 3 is 2.44 bits per heavy atom. The Labute approximate surface area is 247 Å². The van der Waals surface area contributed by atoms with E-state index in [0.29, 0.717) is 18.7 Å². The zero-order chi connectivity index (χ0) is 28.4. The minimum Gasteiger partial charge on any atom is -0.496 e. The van der Waals surface area contributed by atoms with Crippen molar-refractivity contribution in [2.24, 2.45) is 0 Å².